The van der Waals surface area contributed by atoms with Crippen LogP contribution in [0.25, 0.3) is 28.0 Å². The second-order valence-electron chi connectivity index (χ2n) is 9.30. The highest BCUT2D eigenvalue weighted by molar-refractivity contribution is 7.98. The van der Waals surface area contributed by atoms with Crippen molar-refractivity contribution >= 4 is 28.7 Å². The molecule has 214 valence electrons. The molecule has 2 aromatic heterocycles. The molecule has 0 saturated heterocycles. The number of aryl methyl sites for hydroxylation is 1. The number of hydrogen-bond acceptors (Lipinski definition) is 5. The minimum Gasteiger partial charge on any atom is -0.352 e. The second kappa shape index (κ2) is 13.8. The van der Waals surface area contributed by atoms with Crippen LogP contribution in [0.2, 0.25) is 0 Å². The topological polar surface area (TPSA) is 76.9 Å². The predicted octanol–water partition coefficient (Wildman–Crippen LogP) is 6.92. The van der Waals surface area contributed by atoms with Gasteiger partial charge >= 0.3 is 0 Å². The first-order valence-corrected chi connectivity index (χ1v) is 14.4. The maximum absolute atomic E-state index is 14.8. The summed E-state index contributed by atoms with van der Waals surface area (Å²) in [6.07, 6.45) is 4.21. The molecule has 6 nitrogen and oxygen atoms in total. The minimum absolute atomic E-state index is 0.0676. The van der Waals surface area contributed by atoms with Crippen LogP contribution in [0, 0.1) is 18.6 Å². The number of nitrogens with one attached hydrogen (secondary N) is 1. The van der Waals surface area contributed by atoms with E-state index in [2.05, 4.69) is 21.9 Å². The molecular formula is C33H30F2N4O2S. The molecule has 0 spiro atoms. The zero-order valence-electron chi connectivity index (χ0n) is 23.5. The van der Waals surface area contributed by atoms with Crippen LogP contribution in [0.1, 0.15) is 28.4 Å². The van der Waals surface area contributed by atoms with Crippen LogP contribution >= 0.6 is 11.8 Å². The maximum atomic E-state index is 14.8. The monoisotopic (exact) mass is 584 g/mol. The summed E-state index contributed by atoms with van der Waals surface area (Å²) in [4.78, 5) is 35.0. The lowest BCUT2D eigenvalue weighted by Gasteiger charge is -2.15. The number of rotatable bonds is 7. The maximum Gasteiger partial charge on any atom is 0.256 e. The van der Waals surface area contributed by atoms with Crippen LogP contribution in [0.3, 0.4) is 0 Å². The van der Waals surface area contributed by atoms with Crippen LogP contribution < -0.4 is 10.9 Å². The Labute approximate surface area is 247 Å². The van der Waals surface area contributed by atoms with Crippen molar-refractivity contribution in [1.29, 1.82) is 0 Å². The molecule has 1 amide bonds. The Morgan fingerprint density at radius 3 is 2.36 bits per heavy atom. The van der Waals surface area contributed by atoms with E-state index in [0.717, 1.165) is 27.8 Å². The van der Waals surface area contributed by atoms with Crippen molar-refractivity contribution in [1.82, 2.24) is 19.9 Å². The smallest absolute Gasteiger partial charge is 0.256 e. The van der Waals surface area contributed by atoms with E-state index in [1.165, 1.54) is 23.9 Å². The van der Waals surface area contributed by atoms with Gasteiger partial charge in [-0.15, -0.1) is 6.58 Å². The van der Waals surface area contributed by atoms with Crippen molar-refractivity contribution in [3.8, 4) is 16.9 Å². The number of aromatic nitrogens is 3. The van der Waals surface area contributed by atoms with E-state index < -0.39 is 22.9 Å². The molecule has 0 bridgehead atoms. The Morgan fingerprint density at radius 1 is 1.00 bits per heavy atom. The van der Waals surface area contributed by atoms with Crippen molar-refractivity contribution in [2.75, 3.05) is 12.8 Å². The van der Waals surface area contributed by atoms with E-state index in [0.29, 0.717) is 40.3 Å². The van der Waals surface area contributed by atoms with Gasteiger partial charge in [0.05, 0.1) is 5.69 Å². The Bertz CT molecular complexity index is 1790. The number of halogens is 2. The molecule has 0 radical (unpaired) electrons. The highest BCUT2D eigenvalue weighted by Crippen LogP contribution is 2.32. The largest absolute Gasteiger partial charge is 0.352 e. The van der Waals surface area contributed by atoms with Crippen molar-refractivity contribution in [2.45, 2.75) is 25.4 Å². The van der Waals surface area contributed by atoms with Gasteiger partial charge in [0.1, 0.15) is 17.3 Å². The number of thioether (sulfide) groups is 1. The quantitative estimate of drug-likeness (QED) is 0.128. The van der Waals surface area contributed by atoms with Gasteiger partial charge in [-0.25, -0.2) is 18.7 Å². The number of benzene rings is 3. The van der Waals surface area contributed by atoms with E-state index in [4.69, 9.17) is 0 Å². The molecular weight excluding hydrogens is 554 g/mol. The lowest BCUT2D eigenvalue weighted by atomic mass is 9.99. The highest BCUT2D eigenvalue weighted by atomic mass is 32.2. The van der Waals surface area contributed by atoms with Gasteiger partial charge in [0.15, 0.2) is 10.8 Å². The summed E-state index contributed by atoms with van der Waals surface area (Å²) in [5.74, 6) is -2.01. The van der Waals surface area contributed by atoms with E-state index >= 15 is 0 Å². The van der Waals surface area contributed by atoms with Crippen LogP contribution in [-0.4, -0.2) is 33.2 Å². The van der Waals surface area contributed by atoms with Crippen LogP contribution in [-0.2, 0) is 6.42 Å². The van der Waals surface area contributed by atoms with E-state index in [1.54, 1.807) is 30.5 Å². The summed E-state index contributed by atoms with van der Waals surface area (Å²) in [6, 6.07) is 21.3. The SMILES string of the molecule is C=CC.CSc1nc(-c2cc(C(=O)NCCc3ccccc3)ccc2C)c2ccc(=O)n(-c3c(F)cccc3F)c2n1. The molecule has 5 aromatic rings. The number of pyridine rings is 1. The number of fused-ring (bicyclic) bond motifs is 1. The summed E-state index contributed by atoms with van der Waals surface area (Å²) in [5, 5.41) is 3.68. The summed E-state index contributed by atoms with van der Waals surface area (Å²) in [5.41, 5.74) is 2.42. The molecule has 2 heterocycles. The van der Waals surface area contributed by atoms with E-state index in [-0.39, 0.29) is 11.6 Å². The van der Waals surface area contributed by atoms with Crippen molar-refractivity contribution in [3.63, 3.8) is 0 Å². The third-order valence-electron chi connectivity index (χ3n) is 6.37. The molecule has 42 heavy (non-hydrogen) atoms. The first-order chi connectivity index (χ1) is 20.3. The molecule has 0 aliphatic rings. The fraction of sp³-hybridized carbons (Fsp3) is 0.152. The summed E-state index contributed by atoms with van der Waals surface area (Å²) in [7, 11) is 0. The average molecular weight is 585 g/mol. The minimum atomic E-state index is -0.888. The third kappa shape index (κ3) is 6.63. The molecule has 5 rings (SSSR count). The highest BCUT2D eigenvalue weighted by Gasteiger charge is 2.20. The number of carbonyl (C=O) groups is 1. The Morgan fingerprint density at radius 2 is 1.69 bits per heavy atom. The normalized spacial score (nSPS) is 10.6. The standard InChI is InChI=1S/C30H24F2N4O2S.C3H6/c1-18-11-12-20(29(38)33-16-15-19-7-4-3-5-8-19)17-22(18)26-21-13-14-25(37)36(28(21)35-30(34-26)39-2)27-23(31)9-6-10-24(27)32;1-3-2/h3-14,17H,15-16H2,1-2H3,(H,33,38);3H,1H2,2H3. The van der Waals surface area contributed by atoms with Crippen LogP contribution in [0.15, 0.2) is 101 Å². The molecule has 0 fully saturated rings. The van der Waals surface area contributed by atoms with Gasteiger partial charge in [-0.3, -0.25) is 14.2 Å². The molecule has 9 heteroatoms. The van der Waals surface area contributed by atoms with E-state index in [1.807, 2.05) is 50.2 Å². The number of amides is 1. The fourth-order valence-electron chi connectivity index (χ4n) is 4.40. The zero-order valence-corrected chi connectivity index (χ0v) is 24.3. The first-order valence-electron chi connectivity index (χ1n) is 13.2. The van der Waals surface area contributed by atoms with Gasteiger partial charge < -0.3 is 5.32 Å². The number of allylic oxidation sites excluding steroid dienone is 1. The molecule has 1 N–H and O–H groups in total. The number of hydrogen-bond donors (Lipinski definition) is 1. The third-order valence-corrected chi connectivity index (χ3v) is 6.92. The molecule has 0 unspecified atom stereocenters. The Kier molecular flexibility index (Phi) is 9.98. The summed E-state index contributed by atoms with van der Waals surface area (Å²) in [6.45, 7) is 7.60. The zero-order chi connectivity index (χ0) is 30.2. The van der Waals surface area contributed by atoms with E-state index in [9.17, 15) is 18.4 Å². The molecule has 0 saturated carbocycles. The van der Waals surface area contributed by atoms with Gasteiger partial charge in [0.2, 0.25) is 0 Å². The number of para-hydroxylation sites is 1. The van der Waals surface area contributed by atoms with Gasteiger partial charge in [-0.05, 0) is 68.0 Å². The lowest BCUT2D eigenvalue weighted by Crippen LogP contribution is -2.25. The van der Waals surface area contributed by atoms with Crippen LogP contribution in [0.5, 0.6) is 0 Å². The molecule has 0 aliphatic carbocycles. The van der Waals surface area contributed by atoms with Gasteiger partial charge in [0.25, 0.3) is 11.5 Å². The van der Waals surface area contributed by atoms with Crippen molar-refractivity contribution in [2.24, 2.45) is 0 Å². The molecule has 3 aromatic carbocycles. The number of nitrogens with zero attached hydrogens (tertiary/aromatic N) is 3. The molecule has 0 atom stereocenters. The van der Waals surface area contributed by atoms with Crippen LogP contribution in [0.4, 0.5) is 8.78 Å². The Balaban J connectivity index is 0.00000129. The number of carbonyl (C=O) groups excluding carboxylic acids is 1. The van der Waals surface area contributed by atoms with Gasteiger partial charge in [0, 0.05) is 29.1 Å². The second-order valence-corrected chi connectivity index (χ2v) is 10.1. The Hall–Kier alpha value is -4.63. The first kappa shape index (κ1) is 30.3. The summed E-state index contributed by atoms with van der Waals surface area (Å²) < 4.78 is 30.5. The van der Waals surface area contributed by atoms with Crippen molar-refractivity contribution < 1.29 is 13.6 Å². The fourth-order valence-corrected chi connectivity index (χ4v) is 4.76. The van der Waals surface area contributed by atoms with Gasteiger partial charge in [-0.1, -0.05) is 60.3 Å². The molecule has 0 aliphatic heterocycles. The van der Waals surface area contributed by atoms with Crippen molar-refractivity contribution in [3.05, 3.63) is 130 Å². The lowest BCUT2D eigenvalue weighted by molar-refractivity contribution is 0.0954. The predicted molar refractivity (Wildman–Crippen MR) is 165 cm³/mol. The average Bonchev–Trinajstić information content (AvgIpc) is 2.98. The van der Waals surface area contributed by atoms with Gasteiger partial charge in [-0.2, -0.15) is 0 Å². The summed E-state index contributed by atoms with van der Waals surface area (Å²) >= 11 is 1.23.